The van der Waals surface area contributed by atoms with E-state index in [1.54, 1.807) is 0 Å². The lowest BCUT2D eigenvalue weighted by Gasteiger charge is -2.49. The SMILES string of the molecule is Cc1ccccc1-c1c(C)ccc2c1C(C)(c1ccccc1)c1ccc3c(c1C2(C)c1ccccc1)c1ccccc1n3-c1ccc2c(c1)-c1ccccc1C2(C)C. The van der Waals surface area contributed by atoms with Gasteiger partial charge in [0.2, 0.25) is 0 Å². The Bertz CT molecular complexity index is 3130. The standard InChI is InChI=1S/C57H47N/c1-36-19-13-14-24-41(36)51-37(2)29-31-47-53(51)56(5,38-20-9-7-10-21-38)48-33-34-50-52(54(48)57(47,6)39-22-11-8-12-23-39)43-26-16-18-28-49(43)58(50)40-30-32-46-44(35-40)42-25-15-17-27-45(42)55(46,3)4/h7-35H,1-6H3. The summed E-state index contributed by atoms with van der Waals surface area (Å²) >= 11 is 0. The molecular formula is C57H47N. The Balaban J connectivity index is 1.30. The van der Waals surface area contributed by atoms with Crippen molar-refractivity contribution in [3.8, 4) is 27.9 Å². The first-order valence-corrected chi connectivity index (χ1v) is 20.8. The van der Waals surface area contributed by atoms with Gasteiger partial charge in [-0.1, -0.05) is 166 Å². The quantitative estimate of drug-likeness (QED) is 0.169. The zero-order valence-electron chi connectivity index (χ0n) is 34.2. The van der Waals surface area contributed by atoms with Gasteiger partial charge in [-0.15, -0.1) is 0 Å². The van der Waals surface area contributed by atoms with Crippen molar-refractivity contribution in [1.29, 1.82) is 0 Å². The van der Waals surface area contributed by atoms with Crippen LogP contribution in [0.2, 0.25) is 0 Å². The molecule has 2 aliphatic carbocycles. The summed E-state index contributed by atoms with van der Waals surface area (Å²) in [5.74, 6) is 0. The molecule has 1 nitrogen and oxygen atoms in total. The molecule has 9 aromatic rings. The summed E-state index contributed by atoms with van der Waals surface area (Å²) in [4.78, 5) is 0. The number of benzene rings is 8. The van der Waals surface area contributed by atoms with E-state index < -0.39 is 10.8 Å². The number of para-hydroxylation sites is 1. The molecule has 1 heterocycles. The average molecular weight is 746 g/mol. The van der Waals surface area contributed by atoms with Gasteiger partial charge < -0.3 is 4.57 Å². The van der Waals surface area contributed by atoms with E-state index in [-0.39, 0.29) is 5.41 Å². The smallest absolute Gasteiger partial charge is 0.0544 e. The fraction of sp³-hybridized carbons (Fsp3) is 0.158. The van der Waals surface area contributed by atoms with Crippen molar-refractivity contribution >= 4 is 21.8 Å². The van der Waals surface area contributed by atoms with Crippen LogP contribution in [0.4, 0.5) is 0 Å². The molecule has 0 N–H and O–H groups in total. The highest BCUT2D eigenvalue weighted by molar-refractivity contribution is 6.13. The van der Waals surface area contributed by atoms with E-state index in [9.17, 15) is 0 Å². The highest BCUT2D eigenvalue weighted by atomic mass is 15.0. The summed E-state index contributed by atoms with van der Waals surface area (Å²) in [7, 11) is 0. The van der Waals surface area contributed by atoms with E-state index in [0.29, 0.717) is 0 Å². The van der Waals surface area contributed by atoms with E-state index in [2.05, 4.69) is 222 Å². The van der Waals surface area contributed by atoms with Crippen LogP contribution in [0.15, 0.2) is 176 Å². The fourth-order valence-corrected chi connectivity index (χ4v) is 11.4. The molecule has 0 fully saturated rings. The Morgan fingerprint density at radius 3 is 1.67 bits per heavy atom. The Hall–Kier alpha value is -6.44. The molecule has 0 saturated heterocycles. The lowest BCUT2D eigenvalue weighted by Crippen LogP contribution is -2.42. The number of hydrogen-bond acceptors (Lipinski definition) is 0. The number of fused-ring (bicyclic) bond motifs is 9. The maximum absolute atomic E-state index is 2.54. The molecule has 58 heavy (non-hydrogen) atoms. The van der Waals surface area contributed by atoms with Crippen LogP contribution >= 0.6 is 0 Å². The van der Waals surface area contributed by atoms with Crippen LogP contribution in [-0.2, 0) is 16.2 Å². The highest BCUT2D eigenvalue weighted by Crippen LogP contribution is 2.60. The molecule has 1 aromatic heterocycles. The maximum Gasteiger partial charge on any atom is 0.0544 e. The minimum Gasteiger partial charge on any atom is -0.309 e. The van der Waals surface area contributed by atoms with E-state index in [0.717, 1.165) is 0 Å². The average Bonchev–Trinajstić information content (AvgIpc) is 3.71. The molecular weight excluding hydrogens is 699 g/mol. The highest BCUT2D eigenvalue weighted by Gasteiger charge is 2.51. The van der Waals surface area contributed by atoms with Gasteiger partial charge in [-0.3, -0.25) is 0 Å². The Labute approximate surface area is 342 Å². The van der Waals surface area contributed by atoms with Gasteiger partial charge in [0.1, 0.15) is 0 Å². The molecule has 1 heteroatoms. The molecule has 0 spiro atoms. The summed E-state index contributed by atoms with van der Waals surface area (Å²) in [6, 6.07) is 66.5. The van der Waals surface area contributed by atoms with Gasteiger partial charge in [0.15, 0.2) is 0 Å². The first kappa shape index (κ1) is 34.8. The normalized spacial score (nSPS) is 18.8. The predicted molar refractivity (Wildman–Crippen MR) is 244 cm³/mol. The monoisotopic (exact) mass is 745 g/mol. The van der Waals surface area contributed by atoms with Gasteiger partial charge in [-0.2, -0.15) is 0 Å². The van der Waals surface area contributed by atoms with E-state index in [1.807, 2.05) is 0 Å². The minimum absolute atomic E-state index is 0.0490. The van der Waals surface area contributed by atoms with Crippen molar-refractivity contribution in [2.75, 3.05) is 0 Å². The summed E-state index contributed by atoms with van der Waals surface area (Å²) in [5, 5.41) is 2.61. The van der Waals surface area contributed by atoms with Crippen molar-refractivity contribution in [3.05, 3.63) is 232 Å². The van der Waals surface area contributed by atoms with E-state index >= 15 is 0 Å². The van der Waals surface area contributed by atoms with Gasteiger partial charge >= 0.3 is 0 Å². The Morgan fingerprint density at radius 2 is 0.948 bits per heavy atom. The molecule has 280 valence electrons. The Kier molecular flexibility index (Phi) is 7.36. The lowest BCUT2D eigenvalue weighted by molar-refractivity contribution is 0.573. The van der Waals surface area contributed by atoms with Gasteiger partial charge in [0.25, 0.3) is 0 Å². The third-order valence-corrected chi connectivity index (χ3v) is 14.3. The number of rotatable bonds is 4. The fourth-order valence-electron chi connectivity index (χ4n) is 11.4. The second kappa shape index (κ2) is 12.3. The molecule has 0 saturated carbocycles. The van der Waals surface area contributed by atoms with Crippen molar-refractivity contribution in [1.82, 2.24) is 4.57 Å². The topological polar surface area (TPSA) is 4.93 Å². The van der Waals surface area contributed by atoms with Crippen LogP contribution in [0.1, 0.15) is 83.3 Å². The molecule has 11 rings (SSSR count). The van der Waals surface area contributed by atoms with E-state index in [1.165, 1.54) is 105 Å². The maximum atomic E-state index is 2.54. The molecule has 0 amide bonds. The summed E-state index contributed by atoms with van der Waals surface area (Å²) in [6.07, 6.45) is 0. The van der Waals surface area contributed by atoms with Crippen LogP contribution in [0.25, 0.3) is 49.7 Å². The molecule has 0 aliphatic heterocycles. The van der Waals surface area contributed by atoms with Gasteiger partial charge in [0, 0.05) is 32.7 Å². The molecule has 0 bridgehead atoms. The molecule has 2 unspecified atom stereocenters. The van der Waals surface area contributed by atoms with E-state index in [4.69, 9.17) is 0 Å². The van der Waals surface area contributed by atoms with Crippen molar-refractivity contribution in [3.63, 3.8) is 0 Å². The van der Waals surface area contributed by atoms with Crippen molar-refractivity contribution in [2.24, 2.45) is 0 Å². The van der Waals surface area contributed by atoms with Gasteiger partial charge in [-0.05, 0) is 130 Å². The molecule has 0 radical (unpaired) electrons. The number of nitrogens with zero attached hydrogens (tertiary/aromatic N) is 1. The largest absolute Gasteiger partial charge is 0.309 e. The zero-order chi connectivity index (χ0) is 39.6. The third-order valence-electron chi connectivity index (χ3n) is 14.3. The second-order valence-electron chi connectivity index (χ2n) is 17.6. The summed E-state index contributed by atoms with van der Waals surface area (Å²) < 4.78 is 2.54. The zero-order valence-corrected chi connectivity index (χ0v) is 34.2. The number of hydrogen-bond donors (Lipinski definition) is 0. The number of aromatic nitrogens is 1. The summed E-state index contributed by atoms with van der Waals surface area (Å²) in [6.45, 7) is 14.3. The molecule has 2 aliphatic rings. The van der Waals surface area contributed by atoms with Crippen LogP contribution in [0, 0.1) is 13.8 Å². The minimum atomic E-state index is -0.485. The first-order chi connectivity index (χ1) is 28.1. The van der Waals surface area contributed by atoms with Crippen molar-refractivity contribution in [2.45, 2.75) is 57.8 Å². The van der Waals surface area contributed by atoms with Crippen molar-refractivity contribution < 1.29 is 0 Å². The van der Waals surface area contributed by atoms with Gasteiger partial charge in [0.05, 0.1) is 11.0 Å². The first-order valence-electron chi connectivity index (χ1n) is 20.8. The third kappa shape index (κ3) is 4.48. The molecule has 8 aromatic carbocycles. The Morgan fingerprint density at radius 1 is 0.397 bits per heavy atom. The van der Waals surface area contributed by atoms with Gasteiger partial charge in [-0.25, -0.2) is 0 Å². The lowest BCUT2D eigenvalue weighted by atomic mass is 9.53. The van der Waals surface area contributed by atoms with Crippen LogP contribution in [0.3, 0.4) is 0 Å². The number of aryl methyl sites for hydroxylation is 2. The van der Waals surface area contributed by atoms with Crippen LogP contribution < -0.4 is 0 Å². The van der Waals surface area contributed by atoms with Crippen LogP contribution in [-0.4, -0.2) is 4.57 Å². The second-order valence-corrected chi connectivity index (χ2v) is 17.6. The molecule has 2 atom stereocenters. The van der Waals surface area contributed by atoms with Crippen LogP contribution in [0.5, 0.6) is 0 Å². The predicted octanol–water partition coefficient (Wildman–Crippen LogP) is 14.4. The summed E-state index contributed by atoms with van der Waals surface area (Å²) in [5.41, 5.74) is 21.5.